The van der Waals surface area contributed by atoms with Crippen molar-refractivity contribution in [2.75, 3.05) is 39.4 Å². The average Bonchev–Trinajstić information content (AvgIpc) is 3.29. The van der Waals surface area contributed by atoms with E-state index in [0.717, 1.165) is 35.0 Å². The number of rotatable bonds is 4. The Morgan fingerprint density at radius 3 is 2.50 bits per heavy atom. The van der Waals surface area contributed by atoms with Gasteiger partial charge in [0.05, 0.1) is 35.4 Å². The number of nitrogens with zero attached hydrogens (tertiary/aromatic N) is 4. The summed E-state index contributed by atoms with van der Waals surface area (Å²) < 4.78 is 35.3. The molecule has 2 aromatic heterocycles. The third kappa shape index (κ3) is 4.23. The van der Waals surface area contributed by atoms with Crippen molar-refractivity contribution in [1.29, 1.82) is 0 Å². The molecule has 0 atom stereocenters. The Labute approximate surface area is 200 Å². The lowest BCUT2D eigenvalue weighted by molar-refractivity contribution is 0.0304. The van der Waals surface area contributed by atoms with Crippen LogP contribution in [0.15, 0.2) is 47.6 Å². The van der Waals surface area contributed by atoms with Crippen molar-refractivity contribution in [3.63, 3.8) is 0 Å². The van der Waals surface area contributed by atoms with Crippen molar-refractivity contribution in [2.45, 2.75) is 37.5 Å². The van der Waals surface area contributed by atoms with Gasteiger partial charge in [-0.3, -0.25) is 4.79 Å². The maximum absolute atomic E-state index is 13.3. The quantitative estimate of drug-likeness (QED) is 0.571. The van der Waals surface area contributed by atoms with Crippen LogP contribution in [0, 0.1) is 13.8 Å². The van der Waals surface area contributed by atoms with Crippen LogP contribution in [0.2, 0.25) is 0 Å². The van der Waals surface area contributed by atoms with Crippen molar-refractivity contribution < 1.29 is 17.9 Å². The Balaban J connectivity index is 1.34. The summed E-state index contributed by atoms with van der Waals surface area (Å²) in [6, 6.07) is 9.64. The first-order chi connectivity index (χ1) is 16.3. The van der Waals surface area contributed by atoms with Crippen LogP contribution in [0.4, 0.5) is 0 Å². The maximum atomic E-state index is 13.3. The summed E-state index contributed by atoms with van der Waals surface area (Å²) in [7, 11) is -3.52. The van der Waals surface area contributed by atoms with Gasteiger partial charge in [-0.05, 0) is 67.5 Å². The van der Waals surface area contributed by atoms with Gasteiger partial charge in [0.25, 0.3) is 5.91 Å². The lowest BCUT2D eigenvalue weighted by atomic mass is 9.90. The number of benzene rings is 1. The Kier molecular flexibility index (Phi) is 6.18. The molecule has 34 heavy (non-hydrogen) atoms. The molecular formula is C25H30N4O4S. The summed E-state index contributed by atoms with van der Waals surface area (Å²) in [5.41, 5.74) is 4.22. The van der Waals surface area contributed by atoms with E-state index in [2.05, 4.69) is 5.10 Å². The van der Waals surface area contributed by atoms with Gasteiger partial charge in [0.2, 0.25) is 10.0 Å². The number of piperidine rings is 1. The van der Waals surface area contributed by atoms with Gasteiger partial charge in [-0.15, -0.1) is 0 Å². The van der Waals surface area contributed by atoms with E-state index >= 15 is 0 Å². The van der Waals surface area contributed by atoms with Crippen LogP contribution < -0.4 is 0 Å². The lowest BCUT2D eigenvalue weighted by Gasteiger charge is -2.32. The van der Waals surface area contributed by atoms with Gasteiger partial charge in [-0.25, -0.2) is 12.9 Å². The number of aryl methyl sites for hydroxylation is 2. The summed E-state index contributed by atoms with van der Waals surface area (Å²) >= 11 is 0. The van der Waals surface area contributed by atoms with Crippen LogP contribution in [0.3, 0.4) is 0 Å². The molecule has 0 N–H and O–H groups in total. The molecule has 2 fully saturated rings. The topological polar surface area (TPSA) is 84.2 Å². The van der Waals surface area contributed by atoms with E-state index in [-0.39, 0.29) is 11.8 Å². The molecule has 0 aliphatic carbocycles. The molecule has 180 valence electrons. The number of carbonyl (C=O) groups excluding carboxylic acids is 1. The molecule has 4 heterocycles. The predicted octanol–water partition coefficient (Wildman–Crippen LogP) is 2.99. The summed E-state index contributed by atoms with van der Waals surface area (Å²) in [5.74, 6) is 0.209. The number of sulfonamides is 1. The highest BCUT2D eigenvalue weighted by Gasteiger charge is 2.31. The number of ether oxygens (including phenoxy) is 1. The third-order valence-electron chi connectivity index (χ3n) is 6.96. The highest BCUT2D eigenvalue weighted by molar-refractivity contribution is 7.89. The van der Waals surface area contributed by atoms with Crippen molar-refractivity contribution in [3.8, 4) is 0 Å². The smallest absolute Gasteiger partial charge is 0.257 e. The number of aromatic nitrogens is 2. The van der Waals surface area contributed by atoms with Crippen molar-refractivity contribution >= 4 is 21.4 Å². The van der Waals surface area contributed by atoms with Crippen LogP contribution in [0.25, 0.3) is 5.52 Å². The number of hydrogen-bond acceptors (Lipinski definition) is 5. The molecule has 8 nitrogen and oxygen atoms in total. The first-order valence-corrected chi connectivity index (χ1v) is 13.2. The van der Waals surface area contributed by atoms with Crippen LogP contribution in [0.5, 0.6) is 0 Å². The molecule has 0 saturated carbocycles. The fourth-order valence-electron chi connectivity index (χ4n) is 4.91. The van der Waals surface area contributed by atoms with Crippen LogP contribution in [0.1, 0.15) is 45.8 Å². The van der Waals surface area contributed by atoms with Gasteiger partial charge in [0, 0.05) is 32.4 Å². The maximum Gasteiger partial charge on any atom is 0.257 e. The molecule has 1 amide bonds. The van der Waals surface area contributed by atoms with E-state index in [1.54, 1.807) is 21.1 Å². The molecule has 5 rings (SSSR count). The zero-order chi connectivity index (χ0) is 23.9. The summed E-state index contributed by atoms with van der Waals surface area (Å²) in [6.07, 6.45) is 5.00. The largest absolute Gasteiger partial charge is 0.378 e. The van der Waals surface area contributed by atoms with Gasteiger partial charge in [-0.1, -0.05) is 12.1 Å². The number of morpholine rings is 1. The van der Waals surface area contributed by atoms with Gasteiger partial charge in [0.1, 0.15) is 0 Å². The number of carbonyl (C=O) groups is 1. The highest BCUT2D eigenvalue weighted by atomic mass is 32.2. The number of fused-ring (bicyclic) bond motifs is 1. The average molecular weight is 483 g/mol. The first kappa shape index (κ1) is 23.0. The fraction of sp³-hybridized carbons (Fsp3) is 0.440. The highest BCUT2D eigenvalue weighted by Crippen LogP contribution is 2.32. The van der Waals surface area contributed by atoms with E-state index < -0.39 is 10.0 Å². The van der Waals surface area contributed by atoms with Crippen molar-refractivity contribution in [1.82, 2.24) is 18.8 Å². The van der Waals surface area contributed by atoms with Gasteiger partial charge in [0.15, 0.2) is 0 Å². The molecule has 1 aromatic carbocycles. The van der Waals surface area contributed by atoms with E-state index in [4.69, 9.17) is 4.74 Å². The summed E-state index contributed by atoms with van der Waals surface area (Å²) in [6.45, 7) is 6.99. The SMILES string of the molecule is Cc1ccc(C)c(S(=O)(=O)N2CCC(c3ccn4ncc(C(=O)N5CCOCC5)c4c3)CC2)c1. The van der Waals surface area contributed by atoms with Gasteiger partial charge < -0.3 is 9.64 Å². The molecule has 2 saturated heterocycles. The van der Waals surface area contributed by atoms with E-state index in [9.17, 15) is 13.2 Å². The molecule has 0 unspecified atom stereocenters. The molecule has 0 spiro atoms. The van der Waals surface area contributed by atoms with Crippen LogP contribution >= 0.6 is 0 Å². The fourth-order valence-corrected chi connectivity index (χ4v) is 6.69. The second-order valence-corrected chi connectivity index (χ2v) is 11.1. The minimum Gasteiger partial charge on any atom is -0.378 e. The summed E-state index contributed by atoms with van der Waals surface area (Å²) in [4.78, 5) is 15.3. The third-order valence-corrected chi connectivity index (χ3v) is 9.00. The minimum absolute atomic E-state index is 0.0233. The first-order valence-electron chi connectivity index (χ1n) is 11.8. The normalized spacial score (nSPS) is 18.5. The Hall–Kier alpha value is -2.75. The minimum atomic E-state index is -3.52. The number of hydrogen-bond donors (Lipinski definition) is 0. The zero-order valence-corrected chi connectivity index (χ0v) is 20.4. The van der Waals surface area contributed by atoms with Crippen LogP contribution in [-0.4, -0.2) is 72.5 Å². The standard InChI is InChI=1S/C25H30N4O4S/c1-18-3-4-19(2)24(15-18)34(31,32)28-8-5-20(6-9-28)21-7-10-29-23(16-21)22(17-26-29)25(30)27-11-13-33-14-12-27/h3-4,7,10,15-17,20H,5-6,8-9,11-14H2,1-2H3. The van der Waals surface area contributed by atoms with E-state index in [0.29, 0.717) is 49.9 Å². The number of pyridine rings is 1. The van der Waals surface area contributed by atoms with Crippen LogP contribution in [-0.2, 0) is 14.8 Å². The molecular weight excluding hydrogens is 452 g/mol. The molecule has 9 heteroatoms. The Morgan fingerprint density at radius 1 is 1.03 bits per heavy atom. The molecule has 2 aliphatic rings. The van der Waals surface area contributed by atoms with Gasteiger partial charge >= 0.3 is 0 Å². The van der Waals surface area contributed by atoms with Crippen molar-refractivity contribution in [2.24, 2.45) is 0 Å². The monoisotopic (exact) mass is 482 g/mol. The molecule has 3 aromatic rings. The Bertz CT molecular complexity index is 1320. The summed E-state index contributed by atoms with van der Waals surface area (Å²) in [5, 5.41) is 4.36. The second kappa shape index (κ2) is 9.13. The number of amides is 1. The van der Waals surface area contributed by atoms with E-state index in [1.165, 1.54) is 0 Å². The second-order valence-electron chi connectivity index (χ2n) is 9.20. The zero-order valence-electron chi connectivity index (χ0n) is 19.6. The molecule has 2 aliphatic heterocycles. The van der Waals surface area contributed by atoms with E-state index in [1.807, 2.05) is 49.2 Å². The Morgan fingerprint density at radius 2 is 1.76 bits per heavy atom. The van der Waals surface area contributed by atoms with Crippen molar-refractivity contribution in [3.05, 3.63) is 65.0 Å². The predicted molar refractivity (Wildman–Crippen MR) is 129 cm³/mol. The molecule has 0 radical (unpaired) electrons. The lowest BCUT2D eigenvalue weighted by Crippen LogP contribution is -2.40. The van der Waals surface area contributed by atoms with Gasteiger partial charge in [-0.2, -0.15) is 9.40 Å². The molecule has 0 bridgehead atoms.